The molecule has 4 nitrogen and oxygen atoms in total. The molecule has 3 rings (SSSR count). The van der Waals surface area contributed by atoms with Crippen molar-refractivity contribution in [2.45, 2.75) is 18.9 Å². The average molecular weight is 259 g/mol. The molecular weight excluding hydrogens is 242 g/mol. The lowest BCUT2D eigenvalue weighted by Gasteiger charge is -2.22. The van der Waals surface area contributed by atoms with E-state index in [0.29, 0.717) is 19.1 Å². The molecule has 1 amide bonds. The lowest BCUT2D eigenvalue weighted by Crippen LogP contribution is -2.28. The van der Waals surface area contributed by atoms with Crippen molar-refractivity contribution in [1.82, 2.24) is 5.32 Å². The smallest absolute Gasteiger partial charge is 0.243 e. The first-order chi connectivity index (χ1) is 9.28. The Morgan fingerprint density at radius 3 is 2.74 bits per heavy atom. The molecule has 1 saturated carbocycles. The van der Waals surface area contributed by atoms with Crippen molar-refractivity contribution in [3.05, 3.63) is 36.4 Å². The third kappa shape index (κ3) is 2.57. The summed E-state index contributed by atoms with van der Waals surface area (Å²) in [6.45, 7) is 4.66. The van der Waals surface area contributed by atoms with E-state index >= 15 is 0 Å². The number of fused-ring (bicyclic) bond motifs is 1. The van der Waals surface area contributed by atoms with Gasteiger partial charge in [-0.25, -0.2) is 0 Å². The van der Waals surface area contributed by atoms with Crippen molar-refractivity contribution >= 4 is 5.91 Å². The molecule has 0 spiro atoms. The van der Waals surface area contributed by atoms with Crippen molar-refractivity contribution in [1.29, 1.82) is 0 Å². The Bertz CT molecular complexity index is 508. The summed E-state index contributed by atoms with van der Waals surface area (Å²) in [5.41, 5.74) is 1.07. The second-order valence-electron chi connectivity index (χ2n) is 4.93. The summed E-state index contributed by atoms with van der Waals surface area (Å²) >= 11 is 0. The molecule has 2 aliphatic rings. The van der Waals surface area contributed by atoms with Crippen LogP contribution in [0.2, 0.25) is 0 Å². The third-order valence-electron chi connectivity index (χ3n) is 3.50. The molecular formula is C15H17NO3. The summed E-state index contributed by atoms with van der Waals surface area (Å²) in [4.78, 5) is 11.5. The van der Waals surface area contributed by atoms with E-state index in [2.05, 4.69) is 11.9 Å². The Kier molecular flexibility index (Phi) is 3.15. The molecule has 1 fully saturated rings. The van der Waals surface area contributed by atoms with Gasteiger partial charge < -0.3 is 14.8 Å². The van der Waals surface area contributed by atoms with E-state index in [-0.39, 0.29) is 11.9 Å². The lowest BCUT2D eigenvalue weighted by atomic mass is 10.0. The second kappa shape index (κ2) is 4.96. The summed E-state index contributed by atoms with van der Waals surface area (Å²) in [5.74, 6) is 1.93. The van der Waals surface area contributed by atoms with Gasteiger partial charge >= 0.3 is 0 Å². The largest absolute Gasteiger partial charge is 0.486 e. The molecule has 19 heavy (non-hydrogen) atoms. The fraction of sp³-hybridized carbons (Fsp3) is 0.400. The van der Waals surface area contributed by atoms with E-state index in [9.17, 15) is 4.79 Å². The zero-order valence-electron chi connectivity index (χ0n) is 10.7. The molecule has 1 aliphatic carbocycles. The van der Waals surface area contributed by atoms with Crippen LogP contribution in [0.1, 0.15) is 24.4 Å². The Hall–Kier alpha value is -1.97. The molecule has 0 radical (unpaired) electrons. The molecule has 1 N–H and O–H groups in total. The summed E-state index contributed by atoms with van der Waals surface area (Å²) in [6.07, 6.45) is 3.61. The number of carbonyl (C=O) groups excluding carboxylic acids is 1. The predicted molar refractivity (Wildman–Crippen MR) is 71.2 cm³/mol. The van der Waals surface area contributed by atoms with E-state index in [1.165, 1.54) is 6.08 Å². The number of hydrogen-bond donors (Lipinski definition) is 1. The summed E-state index contributed by atoms with van der Waals surface area (Å²) in [6, 6.07) is 5.93. The molecule has 0 saturated heterocycles. The quantitative estimate of drug-likeness (QED) is 0.843. The lowest BCUT2D eigenvalue weighted by molar-refractivity contribution is -0.117. The fourth-order valence-corrected chi connectivity index (χ4v) is 2.37. The SMILES string of the molecule is C=CC(=O)NC(c1ccc2c(c1)OCCO2)C1CC1. The first-order valence-electron chi connectivity index (χ1n) is 6.60. The van der Waals surface area contributed by atoms with Crippen LogP contribution >= 0.6 is 0 Å². The van der Waals surface area contributed by atoms with Crippen LogP contribution < -0.4 is 14.8 Å². The van der Waals surface area contributed by atoms with Crippen LogP contribution in [0.4, 0.5) is 0 Å². The van der Waals surface area contributed by atoms with E-state index in [0.717, 1.165) is 29.9 Å². The van der Waals surface area contributed by atoms with E-state index in [1.54, 1.807) is 0 Å². The highest BCUT2D eigenvalue weighted by Crippen LogP contribution is 2.43. The molecule has 4 heteroatoms. The van der Waals surface area contributed by atoms with Crippen molar-refractivity contribution in [2.75, 3.05) is 13.2 Å². The minimum atomic E-state index is -0.133. The van der Waals surface area contributed by atoms with Gasteiger partial charge in [0.2, 0.25) is 5.91 Å². The van der Waals surface area contributed by atoms with Gasteiger partial charge in [-0.2, -0.15) is 0 Å². The van der Waals surface area contributed by atoms with E-state index in [4.69, 9.17) is 9.47 Å². The number of hydrogen-bond acceptors (Lipinski definition) is 3. The Balaban J connectivity index is 1.85. The van der Waals surface area contributed by atoms with Gasteiger partial charge in [-0.3, -0.25) is 4.79 Å². The molecule has 100 valence electrons. The number of benzene rings is 1. The van der Waals surface area contributed by atoms with Crippen LogP contribution in [0.15, 0.2) is 30.9 Å². The highest BCUT2D eigenvalue weighted by atomic mass is 16.6. The summed E-state index contributed by atoms with van der Waals surface area (Å²) in [5, 5.41) is 3.00. The minimum absolute atomic E-state index is 0.0429. The molecule has 1 aromatic rings. The van der Waals surface area contributed by atoms with Crippen molar-refractivity contribution in [2.24, 2.45) is 5.92 Å². The zero-order chi connectivity index (χ0) is 13.2. The van der Waals surface area contributed by atoms with Gasteiger partial charge in [0.25, 0.3) is 0 Å². The molecule has 0 aromatic heterocycles. The highest BCUT2D eigenvalue weighted by molar-refractivity contribution is 5.87. The maximum absolute atomic E-state index is 11.5. The van der Waals surface area contributed by atoms with Crippen molar-refractivity contribution < 1.29 is 14.3 Å². The number of carbonyl (C=O) groups is 1. The van der Waals surface area contributed by atoms with Crippen LogP contribution in [0.3, 0.4) is 0 Å². The molecule has 1 unspecified atom stereocenters. The molecule has 1 aliphatic heterocycles. The fourth-order valence-electron chi connectivity index (χ4n) is 2.37. The first kappa shape index (κ1) is 12.1. The Labute approximate surface area is 112 Å². The number of amides is 1. The van der Waals surface area contributed by atoms with Crippen LogP contribution in [0.25, 0.3) is 0 Å². The van der Waals surface area contributed by atoms with Gasteiger partial charge in [-0.15, -0.1) is 0 Å². The van der Waals surface area contributed by atoms with Crippen LogP contribution in [0, 0.1) is 5.92 Å². The predicted octanol–water partition coefficient (Wildman–Crippen LogP) is 2.21. The topological polar surface area (TPSA) is 47.6 Å². The zero-order valence-corrected chi connectivity index (χ0v) is 10.7. The van der Waals surface area contributed by atoms with Gasteiger partial charge in [-0.05, 0) is 42.5 Å². The normalized spacial score (nSPS) is 18.5. The number of ether oxygens (including phenoxy) is 2. The van der Waals surface area contributed by atoms with Gasteiger partial charge in [-0.1, -0.05) is 12.6 Å². The van der Waals surface area contributed by atoms with Crippen LogP contribution in [-0.4, -0.2) is 19.1 Å². The molecule has 1 heterocycles. The standard InChI is InChI=1S/C15H17NO3/c1-2-14(17)16-15(10-3-4-10)11-5-6-12-13(9-11)19-8-7-18-12/h2,5-6,9-10,15H,1,3-4,7-8H2,(H,16,17). The van der Waals surface area contributed by atoms with E-state index in [1.807, 2.05) is 18.2 Å². The van der Waals surface area contributed by atoms with Crippen LogP contribution in [0.5, 0.6) is 11.5 Å². The Morgan fingerprint density at radius 2 is 2.05 bits per heavy atom. The van der Waals surface area contributed by atoms with Crippen LogP contribution in [-0.2, 0) is 4.79 Å². The van der Waals surface area contributed by atoms with E-state index < -0.39 is 0 Å². The number of rotatable bonds is 4. The minimum Gasteiger partial charge on any atom is -0.486 e. The monoisotopic (exact) mass is 259 g/mol. The van der Waals surface area contributed by atoms with Gasteiger partial charge in [0.15, 0.2) is 11.5 Å². The molecule has 1 atom stereocenters. The molecule has 1 aromatic carbocycles. The maximum atomic E-state index is 11.5. The van der Waals surface area contributed by atoms with Gasteiger partial charge in [0.05, 0.1) is 6.04 Å². The first-order valence-corrected chi connectivity index (χ1v) is 6.60. The van der Waals surface area contributed by atoms with Gasteiger partial charge in [0.1, 0.15) is 13.2 Å². The molecule has 0 bridgehead atoms. The highest BCUT2D eigenvalue weighted by Gasteiger charge is 2.33. The Morgan fingerprint density at radius 1 is 1.32 bits per heavy atom. The summed E-state index contributed by atoms with van der Waals surface area (Å²) < 4.78 is 11.1. The average Bonchev–Trinajstić information content (AvgIpc) is 3.28. The van der Waals surface area contributed by atoms with Crippen molar-refractivity contribution in [3.63, 3.8) is 0 Å². The maximum Gasteiger partial charge on any atom is 0.243 e. The van der Waals surface area contributed by atoms with Crippen molar-refractivity contribution in [3.8, 4) is 11.5 Å². The second-order valence-corrected chi connectivity index (χ2v) is 4.93. The third-order valence-corrected chi connectivity index (χ3v) is 3.50. The number of nitrogens with one attached hydrogen (secondary N) is 1. The summed E-state index contributed by atoms with van der Waals surface area (Å²) in [7, 11) is 0. The van der Waals surface area contributed by atoms with Gasteiger partial charge in [0, 0.05) is 0 Å².